The van der Waals surface area contributed by atoms with Gasteiger partial charge in [-0.25, -0.2) is 15.0 Å². The van der Waals surface area contributed by atoms with Gasteiger partial charge < -0.3 is 15.2 Å². The predicted molar refractivity (Wildman–Crippen MR) is 108 cm³/mol. The Labute approximate surface area is 175 Å². The highest BCUT2D eigenvalue weighted by atomic mass is 35.5. The van der Waals surface area contributed by atoms with Crippen LogP contribution >= 0.6 is 11.6 Å². The number of H-pyrrole nitrogens is 1. The van der Waals surface area contributed by atoms with Gasteiger partial charge in [-0.2, -0.15) is 13.2 Å². The number of anilines is 1. The molecule has 0 saturated carbocycles. The van der Waals surface area contributed by atoms with E-state index in [0.717, 1.165) is 5.39 Å². The Hall–Kier alpha value is -2.88. The number of hydrogen-bond acceptors (Lipinski definition) is 5. The van der Waals surface area contributed by atoms with Crippen LogP contribution in [0.25, 0.3) is 22.4 Å². The number of nitrogens with one attached hydrogen (secondary N) is 2. The summed E-state index contributed by atoms with van der Waals surface area (Å²) in [5.74, 6) is -0.233. The molecule has 0 aliphatic rings. The zero-order valence-corrected chi connectivity index (χ0v) is 17.2. The minimum absolute atomic E-state index is 0.266. The Morgan fingerprint density at radius 3 is 2.73 bits per heavy atom. The molecule has 30 heavy (non-hydrogen) atoms. The van der Waals surface area contributed by atoms with Crippen molar-refractivity contribution in [2.24, 2.45) is 5.92 Å². The van der Waals surface area contributed by atoms with Crippen LogP contribution in [0.2, 0.25) is 5.02 Å². The number of fused-ring (bicyclic) bond motifs is 1. The minimum atomic E-state index is -4.48. The van der Waals surface area contributed by atoms with Crippen LogP contribution in [0.5, 0.6) is 0 Å². The van der Waals surface area contributed by atoms with Gasteiger partial charge >= 0.3 is 6.18 Å². The third-order valence-electron chi connectivity index (χ3n) is 4.52. The van der Waals surface area contributed by atoms with E-state index in [-0.39, 0.29) is 5.92 Å². The molecule has 0 radical (unpaired) electrons. The molecule has 160 valence electrons. The number of nitrogens with zero attached hydrogens (tertiary/aromatic N) is 4. The molecule has 0 aromatic carbocycles. The molecule has 0 unspecified atom stereocenters. The fourth-order valence-corrected chi connectivity index (χ4v) is 3.36. The van der Waals surface area contributed by atoms with Gasteiger partial charge in [0.2, 0.25) is 5.91 Å². The minimum Gasteiger partial charge on any atom is -0.347 e. The molecule has 0 spiro atoms. The lowest BCUT2D eigenvalue weighted by Crippen LogP contribution is -2.50. The van der Waals surface area contributed by atoms with Gasteiger partial charge in [-0.3, -0.25) is 4.79 Å². The summed E-state index contributed by atoms with van der Waals surface area (Å²) in [7, 11) is 1.61. The van der Waals surface area contributed by atoms with Crippen LogP contribution in [0.1, 0.15) is 13.8 Å². The summed E-state index contributed by atoms with van der Waals surface area (Å²) < 4.78 is 37.5. The standard InChI is InChI=1S/C19H20ClF3N6O/c1-10(2)15(18(30)27-9-19(21,22)23)29(3)14-4-5-24-17(28-14)13-8-26-16-12(13)6-11(20)7-25-16/h4-8,10,15H,9H2,1-3H3,(H,25,26)(H,27,30)/t15-/m1/s1. The van der Waals surface area contributed by atoms with Crippen LogP contribution in [0, 0.1) is 5.92 Å². The Kier molecular flexibility index (Phi) is 6.16. The van der Waals surface area contributed by atoms with Crippen molar-refractivity contribution in [1.29, 1.82) is 0 Å². The van der Waals surface area contributed by atoms with Crippen molar-refractivity contribution in [3.63, 3.8) is 0 Å². The number of carbonyl (C=O) groups is 1. The summed E-state index contributed by atoms with van der Waals surface area (Å²) in [6.45, 7) is 2.12. The molecule has 3 aromatic rings. The van der Waals surface area contributed by atoms with Gasteiger partial charge in [-0.15, -0.1) is 0 Å². The number of aromatic amines is 1. The number of amides is 1. The highest BCUT2D eigenvalue weighted by molar-refractivity contribution is 6.31. The number of aromatic nitrogens is 4. The second-order valence-corrected chi connectivity index (χ2v) is 7.56. The van der Waals surface area contributed by atoms with Crippen molar-refractivity contribution in [3.8, 4) is 11.4 Å². The first kappa shape index (κ1) is 21.8. The molecule has 1 amide bonds. The second kappa shape index (κ2) is 8.47. The number of rotatable bonds is 6. The number of carbonyl (C=O) groups excluding carboxylic acids is 1. The van der Waals surface area contributed by atoms with Crippen LogP contribution in [-0.2, 0) is 4.79 Å². The van der Waals surface area contributed by atoms with Crippen molar-refractivity contribution in [2.45, 2.75) is 26.1 Å². The lowest BCUT2D eigenvalue weighted by molar-refractivity contribution is -0.139. The molecule has 0 bridgehead atoms. The summed E-state index contributed by atoms with van der Waals surface area (Å²) in [4.78, 5) is 30.0. The van der Waals surface area contributed by atoms with Gasteiger partial charge in [0, 0.05) is 36.6 Å². The van der Waals surface area contributed by atoms with E-state index in [4.69, 9.17) is 11.6 Å². The van der Waals surface area contributed by atoms with E-state index >= 15 is 0 Å². The highest BCUT2D eigenvalue weighted by Crippen LogP contribution is 2.28. The molecule has 3 heterocycles. The van der Waals surface area contributed by atoms with Gasteiger partial charge in [0.25, 0.3) is 0 Å². The van der Waals surface area contributed by atoms with Gasteiger partial charge in [-0.1, -0.05) is 25.4 Å². The van der Waals surface area contributed by atoms with E-state index in [1.807, 2.05) is 5.32 Å². The Bertz CT molecular complexity index is 1050. The molecule has 0 aliphatic carbocycles. The molecule has 0 fully saturated rings. The molecular weight excluding hydrogens is 421 g/mol. The second-order valence-electron chi connectivity index (χ2n) is 7.12. The molecule has 7 nitrogen and oxygen atoms in total. The lowest BCUT2D eigenvalue weighted by Gasteiger charge is -2.31. The van der Waals surface area contributed by atoms with Crippen LogP contribution in [0.15, 0.2) is 30.7 Å². The molecule has 3 aromatic heterocycles. The largest absolute Gasteiger partial charge is 0.405 e. The van der Waals surface area contributed by atoms with Crippen molar-refractivity contribution in [3.05, 3.63) is 35.7 Å². The van der Waals surface area contributed by atoms with Gasteiger partial charge in [0.05, 0.1) is 5.02 Å². The third kappa shape index (κ3) is 4.81. The maximum Gasteiger partial charge on any atom is 0.405 e. The van der Waals surface area contributed by atoms with Crippen LogP contribution in [0.4, 0.5) is 19.0 Å². The van der Waals surface area contributed by atoms with E-state index in [2.05, 4.69) is 19.9 Å². The van der Waals surface area contributed by atoms with Gasteiger partial charge in [0.15, 0.2) is 5.82 Å². The maximum absolute atomic E-state index is 12.5. The molecular formula is C19H20ClF3N6O. The van der Waals surface area contributed by atoms with Crippen molar-refractivity contribution in [1.82, 2.24) is 25.3 Å². The first-order valence-corrected chi connectivity index (χ1v) is 9.48. The number of halogens is 4. The monoisotopic (exact) mass is 440 g/mol. The molecule has 1 atom stereocenters. The van der Waals surface area contributed by atoms with Crippen LogP contribution in [0.3, 0.4) is 0 Å². The van der Waals surface area contributed by atoms with Crippen LogP contribution in [-0.4, -0.2) is 51.7 Å². The number of alkyl halides is 3. The molecule has 11 heteroatoms. The van der Waals surface area contributed by atoms with E-state index in [1.165, 1.54) is 12.4 Å². The summed E-state index contributed by atoms with van der Waals surface area (Å²) in [6, 6.07) is 2.47. The zero-order valence-electron chi connectivity index (χ0n) is 16.5. The van der Waals surface area contributed by atoms with Crippen LogP contribution < -0.4 is 10.2 Å². The van der Waals surface area contributed by atoms with Crippen molar-refractivity contribution in [2.75, 3.05) is 18.5 Å². The molecule has 0 saturated heterocycles. The van der Waals surface area contributed by atoms with E-state index < -0.39 is 24.7 Å². The lowest BCUT2D eigenvalue weighted by atomic mass is 10.0. The fourth-order valence-electron chi connectivity index (χ4n) is 3.20. The highest BCUT2D eigenvalue weighted by Gasteiger charge is 2.32. The van der Waals surface area contributed by atoms with Crippen molar-refractivity contribution < 1.29 is 18.0 Å². The third-order valence-corrected chi connectivity index (χ3v) is 4.73. The SMILES string of the molecule is CC(C)[C@H](C(=O)NCC(F)(F)F)N(C)c1ccnc(-c2c[nH]c3ncc(Cl)cc23)n1. The van der Waals surface area contributed by atoms with Gasteiger partial charge in [0.1, 0.15) is 24.1 Å². The normalized spacial score (nSPS) is 12.9. The summed E-state index contributed by atoms with van der Waals surface area (Å²) in [6.07, 6.45) is 0.254. The average molecular weight is 441 g/mol. The summed E-state index contributed by atoms with van der Waals surface area (Å²) in [5.41, 5.74) is 1.28. The van der Waals surface area contributed by atoms with Crippen molar-refractivity contribution >= 4 is 34.4 Å². The first-order chi connectivity index (χ1) is 14.1. The zero-order chi connectivity index (χ0) is 22.1. The maximum atomic E-state index is 12.5. The predicted octanol–water partition coefficient (Wildman–Crippen LogP) is 3.81. The first-order valence-electron chi connectivity index (χ1n) is 9.10. The number of hydrogen-bond donors (Lipinski definition) is 2. The molecule has 2 N–H and O–H groups in total. The smallest absolute Gasteiger partial charge is 0.347 e. The average Bonchev–Trinajstić information content (AvgIpc) is 3.08. The number of pyridine rings is 1. The topological polar surface area (TPSA) is 86.8 Å². The van der Waals surface area contributed by atoms with Gasteiger partial charge in [-0.05, 0) is 18.1 Å². The Balaban J connectivity index is 1.91. The number of likely N-dealkylation sites (N-methyl/N-ethyl adjacent to an activating group) is 1. The quantitative estimate of drug-likeness (QED) is 0.608. The molecule has 0 aliphatic heterocycles. The summed E-state index contributed by atoms with van der Waals surface area (Å²) >= 11 is 6.04. The van der Waals surface area contributed by atoms with E-state index in [0.29, 0.717) is 27.9 Å². The Morgan fingerprint density at radius 2 is 2.07 bits per heavy atom. The Morgan fingerprint density at radius 1 is 1.33 bits per heavy atom. The fraction of sp³-hybridized carbons (Fsp3) is 0.368. The van der Waals surface area contributed by atoms with E-state index in [9.17, 15) is 18.0 Å². The molecule has 3 rings (SSSR count). The van der Waals surface area contributed by atoms with E-state index in [1.54, 1.807) is 44.1 Å². The summed E-state index contributed by atoms with van der Waals surface area (Å²) in [5, 5.41) is 3.13.